The van der Waals surface area contributed by atoms with E-state index in [4.69, 9.17) is 0 Å². The van der Waals surface area contributed by atoms with Crippen molar-refractivity contribution in [1.29, 1.82) is 0 Å². The van der Waals surface area contributed by atoms with E-state index in [-0.39, 0.29) is 0 Å². The SMILES string of the molecule is Cc1cc2ccc3c(-c4ccc(-c5ccccn5)cc4)cc(-c4ccc5ccccc5c4)c4ccc(c1)c2c34. The van der Waals surface area contributed by atoms with Gasteiger partial charge in [0, 0.05) is 11.8 Å². The highest BCUT2D eigenvalue weighted by atomic mass is 14.7. The molecule has 8 aromatic rings. The standard InChI is InChI=1S/C38H25N/c1-24-20-30-15-17-32-34(26-10-12-27(13-11-26)36-8-4-5-19-39-36)23-35(33-18-16-31(21-24)37(30)38(32)33)29-14-9-25-6-2-3-7-28(25)22-29/h2-23H,1H3. The lowest BCUT2D eigenvalue weighted by Gasteiger charge is -2.19. The van der Waals surface area contributed by atoms with Crippen molar-refractivity contribution in [1.82, 2.24) is 4.98 Å². The highest BCUT2D eigenvalue weighted by Crippen LogP contribution is 2.44. The molecule has 1 nitrogen and oxygen atoms in total. The summed E-state index contributed by atoms with van der Waals surface area (Å²) in [4.78, 5) is 4.54. The van der Waals surface area contributed by atoms with Gasteiger partial charge in [0.15, 0.2) is 0 Å². The van der Waals surface area contributed by atoms with Gasteiger partial charge in [0.2, 0.25) is 0 Å². The Morgan fingerprint density at radius 3 is 1.77 bits per heavy atom. The van der Waals surface area contributed by atoms with Crippen molar-refractivity contribution >= 4 is 43.1 Å². The maximum atomic E-state index is 4.54. The molecule has 0 aliphatic carbocycles. The second kappa shape index (κ2) is 8.51. The fourth-order valence-corrected chi connectivity index (χ4v) is 6.26. The molecule has 0 unspecified atom stereocenters. The normalized spacial score (nSPS) is 11.7. The van der Waals surface area contributed by atoms with E-state index >= 15 is 0 Å². The van der Waals surface area contributed by atoms with Gasteiger partial charge in [-0.1, -0.05) is 103 Å². The molecule has 1 aromatic heterocycles. The molecule has 1 heteroatoms. The number of hydrogen-bond donors (Lipinski definition) is 0. The fraction of sp³-hybridized carbons (Fsp3) is 0.0263. The van der Waals surface area contributed by atoms with Crippen molar-refractivity contribution in [2.24, 2.45) is 0 Å². The molecular weight excluding hydrogens is 470 g/mol. The summed E-state index contributed by atoms with van der Waals surface area (Å²) in [5.74, 6) is 0. The van der Waals surface area contributed by atoms with Crippen LogP contribution in [-0.2, 0) is 0 Å². The zero-order chi connectivity index (χ0) is 25.9. The number of rotatable bonds is 3. The van der Waals surface area contributed by atoms with E-state index in [1.165, 1.54) is 70.9 Å². The molecule has 1 heterocycles. The molecule has 39 heavy (non-hydrogen) atoms. The number of nitrogens with zero attached hydrogens (tertiary/aromatic N) is 1. The van der Waals surface area contributed by atoms with Crippen molar-refractivity contribution in [3.63, 3.8) is 0 Å². The second-order valence-corrected chi connectivity index (χ2v) is 10.5. The van der Waals surface area contributed by atoms with Gasteiger partial charge < -0.3 is 0 Å². The van der Waals surface area contributed by atoms with Crippen LogP contribution in [0.1, 0.15) is 5.56 Å². The molecule has 0 fully saturated rings. The van der Waals surface area contributed by atoms with Crippen LogP contribution >= 0.6 is 0 Å². The van der Waals surface area contributed by atoms with Gasteiger partial charge in [-0.05, 0) is 102 Å². The van der Waals surface area contributed by atoms with Crippen LogP contribution in [0.4, 0.5) is 0 Å². The minimum absolute atomic E-state index is 0.992. The molecule has 0 aliphatic rings. The van der Waals surface area contributed by atoms with Gasteiger partial charge >= 0.3 is 0 Å². The summed E-state index contributed by atoms with van der Waals surface area (Å²) in [6.45, 7) is 2.18. The minimum atomic E-state index is 0.992. The van der Waals surface area contributed by atoms with Crippen molar-refractivity contribution in [2.45, 2.75) is 6.92 Å². The molecule has 182 valence electrons. The van der Waals surface area contributed by atoms with E-state index < -0.39 is 0 Å². The summed E-state index contributed by atoms with van der Waals surface area (Å²) < 4.78 is 0. The molecule has 0 bridgehead atoms. The Hall–Kier alpha value is -5.01. The summed E-state index contributed by atoms with van der Waals surface area (Å²) in [6.07, 6.45) is 1.85. The first-order valence-corrected chi connectivity index (χ1v) is 13.5. The van der Waals surface area contributed by atoms with Crippen LogP contribution in [0, 0.1) is 6.92 Å². The molecule has 0 atom stereocenters. The monoisotopic (exact) mass is 495 g/mol. The van der Waals surface area contributed by atoms with E-state index in [1.54, 1.807) is 0 Å². The molecule has 8 rings (SSSR count). The van der Waals surface area contributed by atoms with Crippen LogP contribution in [0.5, 0.6) is 0 Å². The van der Waals surface area contributed by atoms with E-state index in [0.717, 1.165) is 11.3 Å². The minimum Gasteiger partial charge on any atom is -0.256 e. The van der Waals surface area contributed by atoms with Crippen molar-refractivity contribution in [3.8, 4) is 33.5 Å². The molecule has 0 N–H and O–H groups in total. The van der Waals surface area contributed by atoms with Gasteiger partial charge in [0.05, 0.1) is 5.69 Å². The maximum Gasteiger partial charge on any atom is 0.0701 e. The summed E-state index contributed by atoms with van der Waals surface area (Å²) in [6, 6.07) is 46.6. The van der Waals surface area contributed by atoms with Gasteiger partial charge in [-0.25, -0.2) is 0 Å². The Morgan fingerprint density at radius 2 is 1.05 bits per heavy atom. The van der Waals surface area contributed by atoms with Crippen molar-refractivity contribution < 1.29 is 0 Å². The van der Waals surface area contributed by atoms with Crippen LogP contribution in [0.25, 0.3) is 76.6 Å². The Kier molecular flexibility index (Phi) is 4.80. The predicted molar refractivity (Wildman–Crippen MR) is 166 cm³/mol. The Balaban J connectivity index is 1.44. The van der Waals surface area contributed by atoms with Gasteiger partial charge in [-0.2, -0.15) is 0 Å². The number of fused-ring (bicyclic) bond motifs is 1. The summed E-state index contributed by atoms with van der Waals surface area (Å²) in [5, 5.41) is 10.4. The smallest absolute Gasteiger partial charge is 0.0701 e. The average molecular weight is 496 g/mol. The van der Waals surface area contributed by atoms with Crippen LogP contribution in [-0.4, -0.2) is 4.98 Å². The predicted octanol–water partition coefficient (Wildman–Crippen LogP) is 10.4. The van der Waals surface area contributed by atoms with E-state index in [9.17, 15) is 0 Å². The number of pyridine rings is 1. The van der Waals surface area contributed by atoms with Gasteiger partial charge in [0.1, 0.15) is 0 Å². The first-order valence-electron chi connectivity index (χ1n) is 13.5. The molecule has 0 saturated heterocycles. The number of aryl methyl sites for hydroxylation is 1. The largest absolute Gasteiger partial charge is 0.256 e. The number of hydrogen-bond acceptors (Lipinski definition) is 1. The van der Waals surface area contributed by atoms with Crippen LogP contribution in [0.3, 0.4) is 0 Å². The van der Waals surface area contributed by atoms with E-state index in [2.05, 4.69) is 127 Å². The lowest BCUT2D eigenvalue weighted by Crippen LogP contribution is -1.92. The van der Waals surface area contributed by atoms with Crippen LogP contribution in [0.15, 0.2) is 134 Å². The maximum absolute atomic E-state index is 4.54. The zero-order valence-electron chi connectivity index (χ0n) is 21.6. The molecule has 0 saturated carbocycles. The Morgan fingerprint density at radius 1 is 0.436 bits per heavy atom. The molecular formula is C38H25N. The third-order valence-electron chi connectivity index (χ3n) is 8.08. The van der Waals surface area contributed by atoms with Gasteiger partial charge in [-0.15, -0.1) is 0 Å². The quantitative estimate of drug-likeness (QED) is 0.222. The highest BCUT2D eigenvalue weighted by Gasteiger charge is 2.17. The summed E-state index contributed by atoms with van der Waals surface area (Å²) >= 11 is 0. The Labute approximate surface area is 227 Å². The molecule has 7 aromatic carbocycles. The topological polar surface area (TPSA) is 12.9 Å². The third-order valence-corrected chi connectivity index (χ3v) is 8.08. The summed E-state index contributed by atoms with van der Waals surface area (Å²) in [5.41, 5.74) is 8.40. The summed E-state index contributed by atoms with van der Waals surface area (Å²) in [7, 11) is 0. The first-order chi connectivity index (χ1) is 19.2. The van der Waals surface area contributed by atoms with Crippen LogP contribution in [0.2, 0.25) is 0 Å². The molecule has 0 radical (unpaired) electrons. The number of benzene rings is 7. The molecule has 0 spiro atoms. The second-order valence-electron chi connectivity index (χ2n) is 10.5. The van der Waals surface area contributed by atoms with Crippen molar-refractivity contribution in [3.05, 3.63) is 139 Å². The third kappa shape index (κ3) is 3.51. The average Bonchev–Trinajstić information content (AvgIpc) is 2.99. The zero-order valence-corrected chi connectivity index (χ0v) is 21.6. The lowest BCUT2D eigenvalue weighted by atomic mass is 9.85. The lowest BCUT2D eigenvalue weighted by molar-refractivity contribution is 1.33. The van der Waals surface area contributed by atoms with E-state index in [1.807, 2.05) is 18.3 Å². The van der Waals surface area contributed by atoms with Crippen molar-refractivity contribution in [2.75, 3.05) is 0 Å². The van der Waals surface area contributed by atoms with Gasteiger partial charge in [-0.3, -0.25) is 4.98 Å². The molecule has 0 aliphatic heterocycles. The first kappa shape index (κ1) is 22.0. The fourth-order valence-electron chi connectivity index (χ4n) is 6.26. The highest BCUT2D eigenvalue weighted by molar-refractivity contribution is 6.28. The molecule has 0 amide bonds. The van der Waals surface area contributed by atoms with E-state index in [0.29, 0.717) is 0 Å². The Bertz CT molecular complexity index is 2140. The number of aromatic nitrogens is 1. The van der Waals surface area contributed by atoms with Gasteiger partial charge in [0.25, 0.3) is 0 Å². The van der Waals surface area contributed by atoms with Crippen LogP contribution < -0.4 is 0 Å².